The summed E-state index contributed by atoms with van der Waals surface area (Å²) >= 11 is 0. The molecule has 1 atom stereocenters. The van der Waals surface area contributed by atoms with Crippen LogP contribution in [0.1, 0.15) is 73.4 Å². The van der Waals surface area contributed by atoms with Gasteiger partial charge in [0.05, 0.1) is 11.5 Å². The molecule has 4 rings (SSSR count). The molecule has 30 heavy (non-hydrogen) atoms. The van der Waals surface area contributed by atoms with Gasteiger partial charge in [-0.1, -0.05) is 75.2 Å². The van der Waals surface area contributed by atoms with Gasteiger partial charge < -0.3 is 10.2 Å². The predicted octanol–water partition coefficient (Wildman–Crippen LogP) is 4.90. The molecule has 4 heteroatoms. The quantitative estimate of drug-likeness (QED) is 0.744. The number of carbonyl (C=O) groups excluding carboxylic acids is 2. The number of nitrogens with zero attached hydrogens (tertiary/aromatic N) is 1. The maximum atomic E-state index is 13.6. The van der Waals surface area contributed by atoms with Crippen molar-refractivity contribution in [2.75, 3.05) is 6.54 Å². The molecule has 1 aliphatic heterocycles. The van der Waals surface area contributed by atoms with E-state index in [1.54, 1.807) is 0 Å². The Morgan fingerprint density at radius 2 is 1.73 bits per heavy atom. The second kappa shape index (κ2) is 8.63. The summed E-state index contributed by atoms with van der Waals surface area (Å²) in [6, 6.07) is 17.9. The van der Waals surface area contributed by atoms with Gasteiger partial charge in [-0.25, -0.2) is 0 Å². The molecule has 0 aromatic heterocycles. The standard InChI is InChI=1S/C26H32N2O2/c1-19(2)14-17-27-24(29)23-21-12-6-7-13-22(21)25(30)28(26(23)15-8-9-16-26)18-20-10-4-3-5-11-20/h3-7,10-13,19,23H,8-9,14-18H2,1-2H3,(H,27,29). The van der Waals surface area contributed by atoms with E-state index in [4.69, 9.17) is 0 Å². The number of rotatable bonds is 6. The molecule has 0 radical (unpaired) electrons. The van der Waals surface area contributed by atoms with Crippen LogP contribution in [0, 0.1) is 5.92 Å². The first-order chi connectivity index (χ1) is 14.5. The number of hydrogen-bond acceptors (Lipinski definition) is 2. The van der Waals surface area contributed by atoms with Crippen LogP contribution in [0.5, 0.6) is 0 Å². The van der Waals surface area contributed by atoms with E-state index in [2.05, 4.69) is 31.3 Å². The normalized spacial score (nSPS) is 19.9. The van der Waals surface area contributed by atoms with Crippen LogP contribution in [0.3, 0.4) is 0 Å². The Kier molecular flexibility index (Phi) is 5.94. The van der Waals surface area contributed by atoms with Gasteiger partial charge in [0.1, 0.15) is 0 Å². The van der Waals surface area contributed by atoms with E-state index in [1.807, 2.05) is 47.4 Å². The number of fused-ring (bicyclic) bond motifs is 1. The lowest BCUT2D eigenvalue weighted by molar-refractivity contribution is -0.126. The molecule has 1 spiro atoms. The van der Waals surface area contributed by atoms with Gasteiger partial charge in [-0.2, -0.15) is 0 Å². The van der Waals surface area contributed by atoms with Crippen molar-refractivity contribution in [2.45, 2.75) is 64.0 Å². The highest BCUT2D eigenvalue weighted by molar-refractivity contribution is 6.02. The minimum atomic E-state index is -0.441. The van der Waals surface area contributed by atoms with Crippen molar-refractivity contribution < 1.29 is 9.59 Å². The maximum Gasteiger partial charge on any atom is 0.254 e. The lowest BCUT2D eigenvalue weighted by Crippen LogP contribution is -2.60. The zero-order chi connectivity index (χ0) is 21.1. The summed E-state index contributed by atoms with van der Waals surface area (Å²) in [5.41, 5.74) is 2.24. The second-order valence-electron chi connectivity index (χ2n) is 9.18. The fourth-order valence-corrected chi connectivity index (χ4v) is 5.25. The SMILES string of the molecule is CC(C)CCNC(=O)C1c2ccccc2C(=O)N(Cc2ccccc2)C12CCCC2. The maximum absolute atomic E-state index is 13.6. The van der Waals surface area contributed by atoms with Crippen LogP contribution in [0.15, 0.2) is 54.6 Å². The van der Waals surface area contributed by atoms with Crippen molar-refractivity contribution in [3.05, 3.63) is 71.3 Å². The van der Waals surface area contributed by atoms with Crippen LogP contribution in [-0.4, -0.2) is 28.8 Å². The van der Waals surface area contributed by atoms with Gasteiger partial charge in [0.15, 0.2) is 0 Å². The van der Waals surface area contributed by atoms with E-state index in [1.165, 1.54) is 0 Å². The molecule has 0 bridgehead atoms. The highest BCUT2D eigenvalue weighted by Gasteiger charge is 2.55. The average Bonchev–Trinajstić information content (AvgIpc) is 3.22. The zero-order valence-electron chi connectivity index (χ0n) is 18.1. The summed E-state index contributed by atoms with van der Waals surface area (Å²) in [4.78, 5) is 29.2. The monoisotopic (exact) mass is 404 g/mol. The summed E-state index contributed by atoms with van der Waals surface area (Å²) in [6.07, 6.45) is 4.82. The Bertz CT molecular complexity index is 900. The van der Waals surface area contributed by atoms with Crippen molar-refractivity contribution in [2.24, 2.45) is 5.92 Å². The summed E-state index contributed by atoms with van der Waals surface area (Å²) in [6.45, 7) is 5.56. The van der Waals surface area contributed by atoms with Crippen LogP contribution in [0.2, 0.25) is 0 Å². The molecule has 0 saturated heterocycles. The minimum absolute atomic E-state index is 0.0579. The first-order valence-electron chi connectivity index (χ1n) is 11.3. The summed E-state index contributed by atoms with van der Waals surface area (Å²) in [7, 11) is 0. The van der Waals surface area contributed by atoms with Crippen molar-refractivity contribution in [1.82, 2.24) is 10.2 Å². The molecule has 1 aliphatic carbocycles. The third-order valence-electron chi connectivity index (χ3n) is 6.76. The van der Waals surface area contributed by atoms with Gasteiger partial charge in [0.25, 0.3) is 5.91 Å². The Balaban J connectivity index is 1.75. The third-order valence-corrected chi connectivity index (χ3v) is 6.76. The molecule has 1 unspecified atom stereocenters. The molecule has 2 amide bonds. The molecule has 4 nitrogen and oxygen atoms in total. The average molecular weight is 405 g/mol. The molecule has 1 N–H and O–H groups in total. The molecule has 158 valence electrons. The highest BCUT2D eigenvalue weighted by Crippen LogP contribution is 2.50. The van der Waals surface area contributed by atoms with E-state index in [9.17, 15) is 9.59 Å². The number of hydrogen-bond donors (Lipinski definition) is 1. The van der Waals surface area contributed by atoms with Gasteiger partial charge in [0.2, 0.25) is 5.91 Å². The van der Waals surface area contributed by atoms with Crippen LogP contribution in [0.4, 0.5) is 0 Å². The second-order valence-corrected chi connectivity index (χ2v) is 9.18. The minimum Gasteiger partial charge on any atom is -0.355 e. The summed E-state index contributed by atoms with van der Waals surface area (Å²) < 4.78 is 0. The van der Waals surface area contributed by atoms with E-state index >= 15 is 0 Å². The topological polar surface area (TPSA) is 49.4 Å². The van der Waals surface area contributed by atoms with E-state index in [0.29, 0.717) is 24.6 Å². The zero-order valence-corrected chi connectivity index (χ0v) is 18.1. The van der Waals surface area contributed by atoms with Gasteiger partial charge >= 0.3 is 0 Å². The molecular weight excluding hydrogens is 372 g/mol. The van der Waals surface area contributed by atoms with E-state index < -0.39 is 5.54 Å². The molecule has 2 aromatic carbocycles. The van der Waals surface area contributed by atoms with E-state index in [-0.39, 0.29) is 17.7 Å². The molecule has 1 heterocycles. The fraction of sp³-hybridized carbons (Fsp3) is 0.462. The Morgan fingerprint density at radius 3 is 2.43 bits per heavy atom. The van der Waals surface area contributed by atoms with Gasteiger partial charge in [-0.15, -0.1) is 0 Å². The van der Waals surface area contributed by atoms with Crippen LogP contribution in [0.25, 0.3) is 0 Å². The van der Waals surface area contributed by atoms with E-state index in [0.717, 1.165) is 43.2 Å². The Morgan fingerprint density at radius 1 is 1.07 bits per heavy atom. The third kappa shape index (κ3) is 3.76. The van der Waals surface area contributed by atoms with Gasteiger partial charge in [0, 0.05) is 18.7 Å². The summed E-state index contributed by atoms with van der Waals surface area (Å²) in [5, 5.41) is 3.20. The van der Waals surface area contributed by atoms with Crippen LogP contribution >= 0.6 is 0 Å². The van der Waals surface area contributed by atoms with Gasteiger partial charge in [-0.3, -0.25) is 9.59 Å². The molecular formula is C26H32N2O2. The predicted molar refractivity (Wildman–Crippen MR) is 119 cm³/mol. The smallest absolute Gasteiger partial charge is 0.254 e. The lowest BCUT2D eigenvalue weighted by atomic mass is 9.71. The first kappa shape index (κ1) is 20.6. The molecule has 2 aromatic rings. The highest BCUT2D eigenvalue weighted by atomic mass is 16.2. The van der Waals surface area contributed by atoms with Crippen molar-refractivity contribution in [3.63, 3.8) is 0 Å². The van der Waals surface area contributed by atoms with Gasteiger partial charge in [-0.05, 0) is 42.4 Å². The van der Waals surface area contributed by atoms with Crippen molar-refractivity contribution >= 4 is 11.8 Å². The molecule has 1 fully saturated rings. The van der Waals surface area contributed by atoms with Crippen molar-refractivity contribution in [1.29, 1.82) is 0 Å². The number of amides is 2. The van der Waals surface area contributed by atoms with Crippen LogP contribution in [-0.2, 0) is 11.3 Å². The lowest BCUT2D eigenvalue weighted by Gasteiger charge is -2.50. The molecule has 2 aliphatic rings. The Labute approximate surface area is 179 Å². The Hall–Kier alpha value is -2.62. The summed E-state index contributed by atoms with van der Waals surface area (Å²) in [5.74, 6) is 0.350. The molecule has 1 saturated carbocycles. The first-order valence-corrected chi connectivity index (χ1v) is 11.3. The largest absolute Gasteiger partial charge is 0.355 e. The number of nitrogens with one attached hydrogen (secondary N) is 1. The fourth-order valence-electron chi connectivity index (χ4n) is 5.25. The van der Waals surface area contributed by atoms with Crippen molar-refractivity contribution in [3.8, 4) is 0 Å². The number of carbonyl (C=O) groups is 2. The van der Waals surface area contributed by atoms with Crippen LogP contribution < -0.4 is 5.32 Å². The number of benzene rings is 2.